The van der Waals surface area contributed by atoms with Crippen LogP contribution in [0.5, 0.6) is 0 Å². The van der Waals surface area contributed by atoms with E-state index >= 15 is 0 Å². The SMILES string of the molecule is CCC(CNC(=O)OC(C)(C)C)NCc1ccc(C)nc1. The lowest BCUT2D eigenvalue weighted by Crippen LogP contribution is -2.42. The second-order valence-electron chi connectivity index (χ2n) is 6.18. The van der Waals surface area contributed by atoms with Gasteiger partial charge in [0.15, 0.2) is 0 Å². The number of amides is 1. The van der Waals surface area contributed by atoms with Gasteiger partial charge in [0.1, 0.15) is 5.60 Å². The monoisotopic (exact) mass is 293 g/mol. The molecule has 21 heavy (non-hydrogen) atoms. The molecule has 5 nitrogen and oxygen atoms in total. The van der Waals surface area contributed by atoms with Crippen molar-refractivity contribution in [2.75, 3.05) is 6.54 Å². The summed E-state index contributed by atoms with van der Waals surface area (Å²) in [4.78, 5) is 15.9. The number of carbonyl (C=O) groups is 1. The number of carbonyl (C=O) groups excluding carboxylic acids is 1. The highest BCUT2D eigenvalue weighted by molar-refractivity contribution is 5.67. The highest BCUT2D eigenvalue weighted by Gasteiger charge is 2.16. The number of nitrogens with zero attached hydrogens (tertiary/aromatic N) is 1. The van der Waals surface area contributed by atoms with Crippen LogP contribution in [-0.4, -0.2) is 29.3 Å². The van der Waals surface area contributed by atoms with Crippen LogP contribution in [0.2, 0.25) is 0 Å². The lowest BCUT2D eigenvalue weighted by atomic mass is 10.2. The zero-order valence-electron chi connectivity index (χ0n) is 13.7. The molecule has 0 aromatic carbocycles. The molecule has 0 fully saturated rings. The third-order valence-electron chi connectivity index (χ3n) is 2.95. The minimum Gasteiger partial charge on any atom is -0.444 e. The molecule has 0 aliphatic rings. The molecule has 0 spiro atoms. The van der Waals surface area contributed by atoms with E-state index in [2.05, 4.69) is 28.6 Å². The molecule has 1 aromatic heterocycles. The number of alkyl carbamates (subject to hydrolysis) is 1. The molecule has 0 saturated carbocycles. The van der Waals surface area contributed by atoms with Crippen molar-refractivity contribution in [3.05, 3.63) is 29.6 Å². The van der Waals surface area contributed by atoms with Crippen molar-refractivity contribution in [2.24, 2.45) is 0 Å². The number of nitrogens with one attached hydrogen (secondary N) is 2. The molecule has 1 rings (SSSR count). The van der Waals surface area contributed by atoms with Gasteiger partial charge in [-0.05, 0) is 45.7 Å². The summed E-state index contributed by atoms with van der Waals surface area (Å²) in [5.41, 5.74) is 1.68. The van der Waals surface area contributed by atoms with Crippen molar-refractivity contribution in [3.63, 3.8) is 0 Å². The summed E-state index contributed by atoms with van der Waals surface area (Å²) in [6.45, 7) is 10.9. The number of rotatable bonds is 6. The normalized spacial score (nSPS) is 12.8. The van der Waals surface area contributed by atoms with Crippen molar-refractivity contribution < 1.29 is 9.53 Å². The number of ether oxygens (including phenoxy) is 1. The molecule has 0 bridgehead atoms. The van der Waals surface area contributed by atoms with E-state index in [1.54, 1.807) is 0 Å². The first-order valence-corrected chi connectivity index (χ1v) is 7.42. The van der Waals surface area contributed by atoms with Crippen LogP contribution in [0.3, 0.4) is 0 Å². The Hall–Kier alpha value is -1.62. The van der Waals surface area contributed by atoms with Crippen molar-refractivity contribution in [1.82, 2.24) is 15.6 Å². The third kappa shape index (κ3) is 7.66. The van der Waals surface area contributed by atoms with Gasteiger partial charge in [-0.3, -0.25) is 4.98 Å². The van der Waals surface area contributed by atoms with Gasteiger partial charge in [-0.15, -0.1) is 0 Å². The molecule has 1 aromatic rings. The molecule has 1 atom stereocenters. The second-order valence-corrected chi connectivity index (χ2v) is 6.18. The molecular formula is C16H27N3O2. The topological polar surface area (TPSA) is 63.2 Å². The second kappa shape index (κ2) is 7.98. The molecule has 1 heterocycles. The fraction of sp³-hybridized carbons (Fsp3) is 0.625. The molecule has 1 amide bonds. The summed E-state index contributed by atoms with van der Waals surface area (Å²) in [7, 11) is 0. The van der Waals surface area contributed by atoms with Crippen molar-refractivity contribution >= 4 is 6.09 Å². The maximum atomic E-state index is 11.6. The predicted octanol–water partition coefficient (Wildman–Crippen LogP) is 2.78. The first-order valence-electron chi connectivity index (χ1n) is 7.42. The Labute approximate surface area is 127 Å². The molecule has 1 unspecified atom stereocenters. The average molecular weight is 293 g/mol. The van der Waals surface area contributed by atoms with E-state index in [9.17, 15) is 4.79 Å². The van der Waals surface area contributed by atoms with Crippen LogP contribution in [0.1, 0.15) is 45.4 Å². The number of aromatic nitrogens is 1. The third-order valence-corrected chi connectivity index (χ3v) is 2.95. The summed E-state index contributed by atoms with van der Waals surface area (Å²) >= 11 is 0. The largest absolute Gasteiger partial charge is 0.444 e. The smallest absolute Gasteiger partial charge is 0.407 e. The highest BCUT2D eigenvalue weighted by Crippen LogP contribution is 2.06. The molecule has 5 heteroatoms. The van der Waals surface area contributed by atoms with Gasteiger partial charge in [0, 0.05) is 31.0 Å². The summed E-state index contributed by atoms with van der Waals surface area (Å²) in [5.74, 6) is 0. The van der Waals surface area contributed by atoms with Crippen LogP contribution < -0.4 is 10.6 Å². The molecule has 0 aliphatic carbocycles. The Morgan fingerprint density at radius 3 is 2.62 bits per heavy atom. The van der Waals surface area contributed by atoms with E-state index < -0.39 is 5.60 Å². The maximum absolute atomic E-state index is 11.6. The van der Waals surface area contributed by atoms with Crippen LogP contribution in [-0.2, 0) is 11.3 Å². The molecule has 118 valence electrons. The van der Waals surface area contributed by atoms with Crippen LogP contribution in [0.25, 0.3) is 0 Å². The number of hydrogen-bond donors (Lipinski definition) is 2. The van der Waals surface area contributed by atoms with E-state index in [0.717, 1.165) is 24.2 Å². The van der Waals surface area contributed by atoms with Crippen LogP contribution in [0, 0.1) is 6.92 Å². The highest BCUT2D eigenvalue weighted by atomic mass is 16.6. The van der Waals surface area contributed by atoms with Crippen LogP contribution in [0.4, 0.5) is 4.79 Å². The number of aryl methyl sites for hydroxylation is 1. The van der Waals surface area contributed by atoms with Gasteiger partial charge < -0.3 is 15.4 Å². The zero-order chi connectivity index (χ0) is 15.9. The average Bonchev–Trinajstić information content (AvgIpc) is 2.39. The van der Waals surface area contributed by atoms with Crippen molar-refractivity contribution in [2.45, 2.75) is 59.2 Å². The first-order chi connectivity index (χ1) is 9.80. The summed E-state index contributed by atoms with van der Waals surface area (Å²) in [6, 6.07) is 4.26. The van der Waals surface area contributed by atoms with E-state index in [4.69, 9.17) is 4.74 Å². The minimum atomic E-state index is -0.465. The first kappa shape index (κ1) is 17.4. The fourth-order valence-corrected chi connectivity index (χ4v) is 1.75. The Morgan fingerprint density at radius 1 is 1.38 bits per heavy atom. The van der Waals surface area contributed by atoms with Gasteiger partial charge >= 0.3 is 6.09 Å². The van der Waals surface area contributed by atoms with Gasteiger partial charge in [0.25, 0.3) is 0 Å². The molecule has 0 saturated heterocycles. The summed E-state index contributed by atoms with van der Waals surface area (Å²) in [6.07, 6.45) is 2.42. The zero-order valence-corrected chi connectivity index (χ0v) is 13.7. The van der Waals surface area contributed by atoms with Crippen molar-refractivity contribution in [1.29, 1.82) is 0 Å². The lowest BCUT2D eigenvalue weighted by molar-refractivity contribution is 0.0522. The fourth-order valence-electron chi connectivity index (χ4n) is 1.75. The van der Waals surface area contributed by atoms with Crippen LogP contribution >= 0.6 is 0 Å². The molecular weight excluding hydrogens is 266 g/mol. The summed E-state index contributed by atoms with van der Waals surface area (Å²) < 4.78 is 5.22. The molecule has 0 aliphatic heterocycles. The van der Waals surface area contributed by atoms with Crippen LogP contribution in [0.15, 0.2) is 18.3 Å². The Kier molecular flexibility index (Phi) is 6.62. The Balaban J connectivity index is 2.34. The van der Waals surface area contributed by atoms with E-state index in [1.165, 1.54) is 0 Å². The predicted molar refractivity (Wildman–Crippen MR) is 84.1 cm³/mol. The minimum absolute atomic E-state index is 0.207. The maximum Gasteiger partial charge on any atom is 0.407 e. The number of pyridine rings is 1. The molecule has 0 radical (unpaired) electrons. The number of hydrogen-bond acceptors (Lipinski definition) is 4. The van der Waals surface area contributed by atoms with Gasteiger partial charge in [0.05, 0.1) is 0 Å². The van der Waals surface area contributed by atoms with Gasteiger partial charge in [-0.2, -0.15) is 0 Å². The van der Waals surface area contributed by atoms with E-state index in [1.807, 2.05) is 40.0 Å². The Morgan fingerprint density at radius 2 is 2.10 bits per heavy atom. The quantitative estimate of drug-likeness (QED) is 0.846. The summed E-state index contributed by atoms with van der Waals surface area (Å²) in [5, 5.41) is 6.21. The lowest BCUT2D eigenvalue weighted by Gasteiger charge is -2.22. The molecule has 2 N–H and O–H groups in total. The Bertz CT molecular complexity index is 438. The van der Waals surface area contributed by atoms with E-state index in [-0.39, 0.29) is 12.1 Å². The van der Waals surface area contributed by atoms with Crippen molar-refractivity contribution in [3.8, 4) is 0 Å². The van der Waals surface area contributed by atoms with Gasteiger partial charge in [-0.1, -0.05) is 13.0 Å². The van der Waals surface area contributed by atoms with Gasteiger partial charge in [-0.25, -0.2) is 4.79 Å². The standard InChI is InChI=1S/C16H27N3O2/c1-6-14(11-19-15(20)21-16(3,4)5)18-10-13-8-7-12(2)17-9-13/h7-9,14,18H,6,10-11H2,1-5H3,(H,19,20). The van der Waals surface area contributed by atoms with Gasteiger partial charge in [0.2, 0.25) is 0 Å². The van der Waals surface area contributed by atoms with E-state index in [0.29, 0.717) is 6.54 Å².